The van der Waals surface area contributed by atoms with Gasteiger partial charge in [0.2, 0.25) is 21.8 Å². The summed E-state index contributed by atoms with van der Waals surface area (Å²) in [6.07, 6.45) is 1.90. The molecule has 0 fully saturated rings. The van der Waals surface area contributed by atoms with Gasteiger partial charge in [0.05, 0.1) is 16.9 Å². The number of anilines is 1. The predicted molar refractivity (Wildman–Crippen MR) is 139 cm³/mol. The van der Waals surface area contributed by atoms with Gasteiger partial charge in [0.1, 0.15) is 12.6 Å². The van der Waals surface area contributed by atoms with Gasteiger partial charge in [-0.2, -0.15) is 0 Å². The van der Waals surface area contributed by atoms with E-state index < -0.39 is 33.4 Å². The summed E-state index contributed by atoms with van der Waals surface area (Å²) in [5.41, 5.74) is 0.729. The maximum Gasteiger partial charge on any atom is 0.271 e. The van der Waals surface area contributed by atoms with Crippen LogP contribution in [0.15, 0.2) is 42.5 Å². The third-order valence-electron chi connectivity index (χ3n) is 5.59. The number of non-ortho nitro benzene ring substituents is 1. The number of nitro benzene ring substituents is 1. The van der Waals surface area contributed by atoms with Gasteiger partial charge in [0, 0.05) is 30.2 Å². The Morgan fingerprint density at radius 1 is 1.17 bits per heavy atom. The number of amides is 2. The van der Waals surface area contributed by atoms with Crippen LogP contribution in [0.3, 0.4) is 0 Å². The Bertz CT molecular complexity index is 1220. The van der Waals surface area contributed by atoms with Gasteiger partial charge < -0.3 is 10.2 Å². The standard InChI is InChI=1S/C24H31ClN4O6S/c1-5-13-26-24(31)21(6-2)27(15-18-9-7-8-10-20(18)25)23(30)16-28(36(4,34)35)22-14-19(29(32)33)12-11-17(22)3/h7-12,14,21H,5-6,13,15-16H2,1-4H3,(H,26,31). The summed E-state index contributed by atoms with van der Waals surface area (Å²) in [5.74, 6) is -1.01. The molecule has 10 nitrogen and oxygen atoms in total. The van der Waals surface area contributed by atoms with Crippen molar-refractivity contribution >= 4 is 44.8 Å². The van der Waals surface area contributed by atoms with Crippen LogP contribution in [-0.4, -0.2) is 55.4 Å². The fourth-order valence-corrected chi connectivity index (χ4v) is 4.76. The minimum absolute atomic E-state index is 0.0150. The van der Waals surface area contributed by atoms with E-state index in [0.29, 0.717) is 29.1 Å². The fourth-order valence-electron chi connectivity index (χ4n) is 3.67. The minimum Gasteiger partial charge on any atom is -0.354 e. The Balaban J connectivity index is 2.53. The molecule has 1 unspecified atom stereocenters. The molecule has 0 aliphatic carbocycles. The molecule has 2 aromatic carbocycles. The predicted octanol–water partition coefficient (Wildman–Crippen LogP) is 3.66. The van der Waals surface area contributed by atoms with Crippen molar-refractivity contribution in [3.63, 3.8) is 0 Å². The van der Waals surface area contributed by atoms with Crippen molar-refractivity contribution in [1.82, 2.24) is 10.2 Å². The number of hydrogen-bond donors (Lipinski definition) is 1. The van der Waals surface area contributed by atoms with Gasteiger partial charge in [-0.1, -0.05) is 49.7 Å². The molecule has 36 heavy (non-hydrogen) atoms. The average Bonchev–Trinajstić information content (AvgIpc) is 2.81. The van der Waals surface area contributed by atoms with E-state index in [0.717, 1.165) is 16.6 Å². The SMILES string of the molecule is CCCNC(=O)C(CC)N(Cc1ccccc1Cl)C(=O)CN(c1cc([N+](=O)[O-])ccc1C)S(C)(=O)=O. The minimum atomic E-state index is -4.02. The molecule has 0 aliphatic heterocycles. The summed E-state index contributed by atoms with van der Waals surface area (Å²) in [7, 11) is -4.02. The first-order valence-corrected chi connectivity index (χ1v) is 13.7. The number of nitro groups is 1. The number of carbonyl (C=O) groups excluding carboxylic acids is 2. The molecule has 0 spiro atoms. The van der Waals surface area contributed by atoms with Crippen molar-refractivity contribution in [3.05, 3.63) is 68.7 Å². The highest BCUT2D eigenvalue weighted by Gasteiger charge is 2.32. The summed E-state index contributed by atoms with van der Waals surface area (Å²) < 4.78 is 26.3. The van der Waals surface area contributed by atoms with Crippen molar-refractivity contribution in [2.75, 3.05) is 23.7 Å². The molecule has 12 heteroatoms. The largest absolute Gasteiger partial charge is 0.354 e. The number of hydrogen-bond acceptors (Lipinski definition) is 6. The number of carbonyl (C=O) groups is 2. The fraction of sp³-hybridized carbons (Fsp3) is 0.417. The summed E-state index contributed by atoms with van der Waals surface area (Å²) in [6, 6.07) is 9.78. The second-order valence-electron chi connectivity index (χ2n) is 8.33. The highest BCUT2D eigenvalue weighted by Crippen LogP contribution is 2.28. The quantitative estimate of drug-likeness (QED) is 0.324. The van der Waals surface area contributed by atoms with Gasteiger partial charge in [-0.25, -0.2) is 8.42 Å². The van der Waals surface area contributed by atoms with Crippen LogP contribution >= 0.6 is 11.6 Å². The highest BCUT2D eigenvalue weighted by molar-refractivity contribution is 7.92. The van der Waals surface area contributed by atoms with E-state index in [9.17, 15) is 28.1 Å². The molecule has 0 saturated carbocycles. The maximum atomic E-state index is 13.7. The molecule has 0 aliphatic rings. The van der Waals surface area contributed by atoms with Crippen LogP contribution in [0.2, 0.25) is 5.02 Å². The van der Waals surface area contributed by atoms with E-state index in [1.807, 2.05) is 6.92 Å². The first-order valence-electron chi connectivity index (χ1n) is 11.4. The third-order valence-corrected chi connectivity index (χ3v) is 7.08. The lowest BCUT2D eigenvalue weighted by atomic mass is 10.1. The molecule has 196 valence electrons. The van der Waals surface area contributed by atoms with E-state index in [1.54, 1.807) is 38.1 Å². The first-order chi connectivity index (χ1) is 16.9. The Kier molecular flexibility index (Phi) is 10.2. The van der Waals surface area contributed by atoms with Crippen LogP contribution in [0.5, 0.6) is 0 Å². The Hall–Kier alpha value is -3.18. The normalized spacial score (nSPS) is 12.0. The zero-order chi connectivity index (χ0) is 27.0. The van der Waals surface area contributed by atoms with Crippen LogP contribution in [0.4, 0.5) is 11.4 Å². The lowest BCUT2D eigenvalue weighted by Gasteiger charge is -2.33. The summed E-state index contributed by atoms with van der Waals surface area (Å²) >= 11 is 6.32. The van der Waals surface area contributed by atoms with E-state index in [-0.39, 0.29) is 30.2 Å². The topological polar surface area (TPSA) is 130 Å². The van der Waals surface area contributed by atoms with Gasteiger partial charge in [0.15, 0.2) is 0 Å². The Morgan fingerprint density at radius 2 is 1.83 bits per heavy atom. The van der Waals surface area contributed by atoms with Crippen LogP contribution in [0.25, 0.3) is 0 Å². The molecule has 2 rings (SSSR count). The van der Waals surface area contributed by atoms with Gasteiger partial charge in [-0.3, -0.25) is 24.0 Å². The molecule has 0 bridgehead atoms. The number of benzene rings is 2. The number of aryl methyl sites for hydroxylation is 1. The molecule has 0 radical (unpaired) electrons. The number of nitrogens with zero attached hydrogens (tertiary/aromatic N) is 3. The summed E-state index contributed by atoms with van der Waals surface area (Å²) in [5, 5.41) is 14.5. The van der Waals surface area contributed by atoms with Crippen LogP contribution in [0, 0.1) is 17.0 Å². The van der Waals surface area contributed by atoms with Gasteiger partial charge in [0.25, 0.3) is 5.69 Å². The zero-order valence-electron chi connectivity index (χ0n) is 20.7. The van der Waals surface area contributed by atoms with Crippen LogP contribution in [-0.2, 0) is 26.2 Å². The molecule has 0 saturated heterocycles. The van der Waals surface area contributed by atoms with Gasteiger partial charge >= 0.3 is 0 Å². The van der Waals surface area contributed by atoms with Crippen LogP contribution in [0.1, 0.15) is 37.8 Å². The number of nitrogens with one attached hydrogen (secondary N) is 1. The van der Waals surface area contributed by atoms with E-state index in [2.05, 4.69) is 5.32 Å². The molecular formula is C24H31ClN4O6S. The van der Waals surface area contributed by atoms with Gasteiger partial charge in [-0.15, -0.1) is 0 Å². The second kappa shape index (κ2) is 12.7. The highest BCUT2D eigenvalue weighted by atomic mass is 35.5. The average molecular weight is 539 g/mol. The molecule has 2 aromatic rings. The van der Waals surface area contributed by atoms with Crippen molar-refractivity contribution in [2.45, 2.75) is 46.2 Å². The van der Waals surface area contributed by atoms with Crippen molar-refractivity contribution in [2.24, 2.45) is 0 Å². The molecule has 2 amide bonds. The van der Waals surface area contributed by atoms with Gasteiger partial charge in [-0.05, 0) is 37.0 Å². The van der Waals surface area contributed by atoms with E-state index >= 15 is 0 Å². The Morgan fingerprint density at radius 3 is 2.39 bits per heavy atom. The van der Waals surface area contributed by atoms with E-state index in [4.69, 9.17) is 11.6 Å². The monoisotopic (exact) mass is 538 g/mol. The first kappa shape index (κ1) is 29.1. The molecule has 1 N–H and O–H groups in total. The van der Waals surface area contributed by atoms with Crippen molar-refractivity contribution in [3.8, 4) is 0 Å². The lowest BCUT2D eigenvalue weighted by molar-refractivity contribution is -0.384. The summed E-state index contributed by atoms with van der Waals surface area (Å²) in [6.45, 7) is 4.99. The molecule has 0 aromatic heterocycles. The van der Waals surface area contributed by atoms with Crippen LogP contribution < -0.4 is 9.62 Å². The second-order valence-corrected chi connectivity index (χ2v) is 10.6. The number of sulfonamides is 1. The molecule has 0 heterocycles. The lowest BCUT2D eigenvalue weighted by Crippen LogP contribution is -2.52. The smallest absolute Gasteiger partial charge is 0.271 e. The maximum absolute atomic E-state index is 13.7. The zero-order valence-corrected chi connectivity index (χ0v) is 22.3. The number of halogens is 1. The van der Waals surface area contributed by atoms with E-state index in [1.165, 1.54) is 17.0 Å². The molecular weight excluding hydrogens is 508 g/mol. The summed E-state index contributed by atoms with van der Waals surface area (Å²) in [4.78, 5) is 38.6. The van der Waals surface area contributed by atoms with Crippen molar-refractivity contribution < 1.29 is 22.9 Å². The molecule has 1 atom stereocenters. The number of rotatable bonds is 12. The van der Waals surface area contributed by atoms with Crippen molar-refractivity contribution in [1.29, 1.82) is 0 Å². The Labute approximate surface area is 216 Å². The third kappa shape index (κ3) is 7.41.